The van der Waals surface area contributed by atoms with Crippen LogP contribution in [-0.2, 0) is 6.54 Å². The summed E-state index contributed by atoms with van der Waals surface area (Å²) < 4.78 is 14.7. The summed E-state index contributed by atoms with van der Waals surface area (Å²) in [6.45, 7) is 0.537. The Morgan fingerprint density at radius 2 is 1.76 bits per heavy atom. The second-order valence-corrected chi connectivity index (χ2v) is 6.48. The van der Waals surface area contributed by atoms with Crippen molar-refractivity contribution < 1.29 is 4.39 Å². The van der Waals surface area contributed by atoms with E-state index in [9.17, 15) is 4.39 Å². The molecule has 2 aromatic carbocycles. The second kappa shape index (κ2) is 7.82. The normalized spacial score (nSPS) is 10.5. The van der Waals surface area contributed by atoms with Gasteiger partial charge in [-0.25, -0.2) is 4.39 Å². The van der Waals surface area contributed by atoms with Gasteiger partial charge in [-0.2, -0.15) is 5.10 Å². The van der Waals surface area contributed by atoms with Crippen LogP contribution in [0.3, 0.4) is 0 Å². The molecule has 128 valence electrons. The Bertz CT molecular complexity index is 896. The molecule has 4 nitrogen and oxygen atoms in total. The van der Waals surface area contributed by atoms with E-state index in [0.29, 0.717) is 21.7 Å². The van der Waals surface area contributed by atoms with E-state index in [0.717, 1.165) is 16.9 Å². The Morgan fingerprint density at radius 1 is 1.04 bits per heavy atom. The molecule has 0 amide bonds. The Labute approximate surface area is 159 Å². The van der Waals surface area contributed by atoms with Crippen molar-refractivity contribution in [1.29, 1.82) is 0 Å². The highest BCUT2D eigenvalue weighted by atomic mass is 35.5. The summed E-state index contributed by atoms with van der Waals surface area (Å²) in [4.78, 5) is 0. The van der Waals surface area contributed by atoms with E-state index in [-0.39, 0.29) is 5.82 Å². The standard InChI is InChI=1S/C17H13Cl2FN4S/c18-15-6-5-13(7-16(15)19)22-17(25)23-14-8-21-24(10-14)9-11-1-3-12(20)4-2-11/h1-8,10H,9H2,(H2,22,23,25). The van der Waals surface area contributed by atoms with Crippen molar-refractivity contribution in [3.05, 3.63) is 76.3 Å². The maximum atomic E-state index is 12.9. The molecular weight excluding hydrogens is 382 g/mol. The van der Waals surface area contributed by atoms with Crippen molar-refractivity contribution in [1.82, 2.24) is 9.78 Å². The van der Waals surface area contributed by atoms with Crippen LogP contribution in [0.5, 0.6) is 0 Å². The number of rotatable bonds is 4. The van der Waals surface area contributed by atoms with Crippen LogP contribution in [0.1, 0.15) is 5.56 Å². The zero-order valence-corrected chi connectivity index (χ0v) is 15.2. The molecule has 0 atom stereocenters. The van der Waals surface area contributed by atoms with Gasteiger partial charge in [-0.05, 0) is 48.1 Å². The fourth-order valence-corrected chi connectivity index (χ4v) is 2.69. The summed E-state index contributed by atoms with van der Waals surface area (Å²) in [7, 11) is 0. The second-order valence-electron chi connectivity index (χ2n) is 5.26. The van der Waals surface area contributed by atoms with Crippen molar-refractivity contribution in [2.24, 2.45) is 0 Å². The first-order valence-corrected chi connectivity index (χ1v) is 8.46. The number of anilines is 2. The number of halogens is 3. The van der Waals surface area contributed by atoms with Gasteiger partial charge in [0.05, 0.1) is 28.5 Å². The molecule has 2 N–H and O–H groups in total. The monoisotopic (exact) mass is 394 g/mol. The maximum absolute atomic E-state index is 12.9. The lowest BCUT2D eigenvalue weighted by Crippen LogP contribution is -2.18. The molecule has 0 aliphatic rings. The average Bonchev–Trinajstić information content (AvgIpc) is 3.00. The van der Waals surface area contributed by atoms with Gasteiger partial charge in [-0.3, -0.25) is 4.68 Å². The van der Waals surface area contributed by atoms with Crippen LogP contribution in [0.4, 0.5) is 15.8 Å². The third kappa shape index (κ3) is 4.92. The molecule has 1 aromatic heterocycles. The van der Waals surface area contributed by atoms with Gasteiger partial charge in [0.15, 0.2) is 5.11 Å². The number of aromatic nitrogens is 2. The molecule has 0 unspecified atom stereocenters. The number of hydrogen-bond acceptors (Lipinski definition) is 2. The minimum atomic E-state index is -0.259. The van der Waals surface area contributed by atoms with Gasteiger partial charge in [0.1, 0.15) is 5.82 Å². The molecule has 25 heavy (non-hydrogen) atoms. The zero-order valence-electron chi connectivity index (χ0n) is 12.8. The first-order chi connectivity index (χ1) is 12.0. The minimum Gasteiger partial charge on any atom is -0.332 e. The van der Waals surface area contributed by atoms with Crippen LogP contribution in [-0.4, -0.2) is 14.9 Å². The van der Waals surface area contributed by atoms with Crippen LogP contribution < -0.4 is 10.6 Å². The molecular formula is C17H13Cl2FN4S. The van der Waals surface area contributed by atoms with E-state index in [1.165, 1.54) is 12.1 Å². The molecule has 0 bridgehead atoms. The lowest BCUT2D eigenvalue weighted by atomic mass is 10.2. The molecule has 0 spiro atoms. The van der Waals surface area contributed by atoms with Crippen LogP contribution in [0.2, 0.25) is 10.0 Å². The third-order valence-electron chi connectivity index (χ3n) is 3.33. The Kier molecular flexibility index (Phi) is 5.53. The van der Waals surface area contributed by atoms with Crippen molar-refractivity contribution in [2.75, 3.05) is 10.6 Å². The molecule has 0 radical (unpaired) electrons. The molecule has 0 aliphatic carbocycles. The summed E-state index contributed by atoms with van der Waals surface area (Å²) in [6.07, 6.45) is 3.47. The largest absolute Gasteiger partial charge is 0.332 e. The molecule has 0 aliphatic heterocycles. The number of thiocarbonyl (C=S) groups is 1. The van der Waals surface area contributed by atoms with Gasteiger partial charge in [0, 0.05) is 11.9 Å². The quantitative estimate of drug-likeness (QED) is 0.597. The highest BCUT2D eigenvalue weighted by Gasteiger charge is 2.05. The van der Waals surface area contributed by atoms with Gasteiger partial charge < -0.3 is 10.6 Å². The smallest absolute Gasteiger partial charge is 0.175 e. The van der Waals surface area contributed by atoms with Crippen LogP contribution in [0, 0.1) is 5.82 Å². The van der Waals surface area contributed by atoms with Gasteiger partial charge in [-0.15, -0.1) is 0 Å². The van der Waals surface area contributed by atoms with E-state index in [1.807, 2.05) is 6.20 Å². The summed E-state index contributed by atoms with van der Waals surface area (Å²) in [6, 6.07) is 11.5. The first kappa shape index (κ1) is 17.7. The molecule has 3 rings (SSSR count). The maximum Gasteiger partial charge on any atom is 0.175 e. The fraction of sp³-hybridized carbons (Fsp3) is 0.0588. The Morgan fingerprint density at radius 3 is 2.48 bits per heavy atom. The molecule has 0 fully saturated rings. The highest BCUT2D eigenvalue weighted by molar-refractivity contribution is 7.80. The third-order valence-corrected chi connectivity index (χ3v) is 4.27. The van der Waals surface area contributed by atoms with Crippen LogP contribution >= 0.6 is 35.4 Å². The Hall–Kier alpha value is -2.15. The predicted octanol–water partition coefficient (Wildman–Crippen LogP) is 5.19. The first-order valence-electron chi connectivity index (χ1n) is 7.29. The van der Waals surface area contributed by atoms with Crippen LogP contribution in [0.15, 0.2) is 54.9 Å². The van der Waals surface area contributed by atoms with E-state index < -0.39 is 0 Å². The van der Waals surface area contributed by atoms with Gasteiger partial charge in [0.25, 0.3) is 0 Å². The molecule has 0 saturated carbocycles. The molecule has 0 saturated heterocycles. The average molecular weight is 395 g/mol. The minimum absolute atomic E-state index is 0.259. The van der Waals surface area contributed by atoms with Crippen molar-refractivity contribution in [2.45, 2.75) is 6.54 Å². The summed E-state index contributed by atoms with van der Waals surface area (Å²) in [5, 5.41) is 11.6. The number of nitrogens with one attached hydrogen (secondary N) is 2. The molecule has 3 aromatic rings. The topological polar surface area (TPSA) is 41.9 Å². The number of benzene rings is 2. The summed E-state index contributed by atoms with van der Waals surface area (Å²) in [5.41, 5.74) is 2.41. The number of hydrogen-bond donors (Lipinski definition) is 2. The SMILES string of the molecule is Fc1ccc(Cn2cc(NC(=S)Nc3ccc(Cl)c(Cl)c3)cn2)cc1. The van der Waals surface area contributed by atoms with E-state index in [1.54, 1.807) is 41.2 Å². The van der Waals surface area contributed by atoms with Crippen LogP contribution in [0.25, 0.3) is 0 Å². The van der Waals surface area contributed by atoms with Gasteiger partial charge >= 0.3 is 0 Å². The Balaban J connectivity index is 1.59. The summed E-state index contributed by atoms with van der Waals surface area (Å²) >= 11 is 17.1. The van der Waals surface area contributed by atoms with Gasteiger partial charge in [-0.1, -0.05) is 35.3 Å². The van der Waals surface area contributed by atoms with Crippen molar-refractivity contribution in [3.8, 4) is 0 Å². The lowest BCUT2D eigenvalue weighted by Gasteiger charge is -2.09. The van der Waals surface area contributed by atoms with E-state index in [4.69, 9.17) is 35.4 Å². The molecule has 1 heterocycles. The predicted molar refractivity (Wildman–Crippen MR) is 104 cm³/mol. The number of nitrogens with zero attached hydrogens (tertiary/aromatic N) is 2. The van der Waals surface area contributed by atoms with Crippen molar-refractivity contribution >= 4 is 51.9 Å². The van der Waals surface area contributed by atoms with Crippen molar-refractivity contribution in [3.63, 3.8) is 0 Å². The highest BCUT2D eigenvalue weighted by Crippen LogP contribution is 2.25. The fourth-order valence-electron chi connectivity index (χ4n) is 2.16. The lowest BCUT2D eigenvalue weighted by molar-refractivity contribution is 0.624. The molecule has 8 heteroatoms. The van der Waals surface area contributed by atoms with E-state index >= 15 is 0 Å². The summed E-state index contributed by atoms with van der Waals surface area (Å²) in [5.74, 6) is -0.259. The van der Waals surface area contributed by atoms with Gasteiger partial charge in [0.2, 0.25) is 0 Å². The van der Waals surface area contributed by atoms with E-state index in [2.05, 4.69) is 15.7 Å². The zero-order chi connectivity index (χ0) is 17.8.